The Hall–Kier alpha value is -3.92. The zero-order valence-corrected chi connectivity index (χ0v) is 17.0. The molecule has 1 saturated carbocycles. The number of amides is 1. The number of hydrogen-bond donors (Lipinski definition) is 1. The topological polar surface area (TPSA) is 105 Å². The summed E-state index contributed by atoms with van der Waals surface area (Å²) in [5, 5.41) is 12.0. The van der Waals surface area contributed by atoms with E-state index in [2.05, 4.69) is 16.4 Å². The zero-order chi connectivity index (χ0) is 21.8. The Kier molecular flexibility index (Phi) is 5.54. The fourth-order valence-electron chi connectivity index (χ4n) is 3.40. The lowest BCUT2D eigenvalue weighted by molar-refractivity contribution is -0.125. The van der Waals surface area contributed by atoms with Gasteiger partial charge >= 0.3 is 5.97 Å². The smallest absolute Gasteiger partial charge is 0.339 e. The number of rotatable bonds is 7. The highest BCUT2D eigenvalue weighted by atomic mass is 16.5. The molecule has 1 aliphatic carbocycles. The molecule has 1 fully saturated rings. The summed E-state index contributed by atoms with van der Waals surface area (Å²) in [6, 6.07) is 18.4. The molecule has 0 spiro atoms. The Bertz CT molecular complexity index is 1140. The Morgan fingerprint density at radius 2 is 1.90 bits per heavy atom. The van der Waals surface area contributed by atoms with Crippen molar-refractivity contribution in [3.63, 3.8) is 0 Å². The summed E-state index contributed by atoms with van der Waals surface area (Å²) >= 11 is 0. The number of nitrogens with zero attached hydrogens (tertiary/aromatic N) is 2. The number of carbonyl (C=O) groups is 2. The van der Waals surface area contributed by atoms with E-state index in [9.17, 15) is 14.9 Å². The molecule has 0 saturated heterocycles. The van der Waals surface area contributed by atoms with Crippen LogP contribution >= 0.6 is 0 Å². The molecule has 1 heterocycles. The van der Waals surface area contributed by atoms with Crippen LogP contribution in [0.1, 0.15) is 30.1 Å². The van der Waals surface area contributed by atoms with Crippen LogP contribution in [0.25, 0.3) is 22.8 Å². The van der Waals surface area contributed by atoms with Gasteiger partial charge in [-0.15, -0.1) is 0 Å². The number of nitrogens with one attached hydrogen (secondary N) is 1. The van der Waals surface area contributed by atoms with Crippen molar-refractivity contribution in [1.29, 1.82) is 5.26 Å². The molecule has 0 bridgehead atoms. The van der Waals surface area contributed by atoms with Crippen molar-refractivity contribution in [3.8, 4) is 28.8 Å². The van der Waals surface area contributed by atoms with Gasteiger partial charge in [0.25, 0.3) is 5.91 Å². The summed E-state index contributed by atoms with van der Waals surface area (Å²) < 4.78 is 11.1. The number of hydrogen-bond acceptors (Lipinski definition) is 6. The van der Waals surface area contributed by atoms with Crippen molar-refractivity contribution in [2.24, 2.45) is 5.92 Å². The number of esters is 1. The number of benzene rings is 2. The van der Waals surface area contributed by atoms with E-state index < -0.39 is 24.0 Å². The molecule has 2 aromatic carbocycles. The number of oxazole rings is 1. The minimum absolute atomic E-state index is 0.140. The van der Waals surface area contributed by atoms with Gasteiger partial charge in [0.2, 0.25) is 5.89 Å². The van der Waals surface area contributed by atoms with Gasteiger partial charge in [0.1, 0.15) is 5.54 Å². The first kappa shape index (κ1) is 20.4. The van der Waals surface area contributed by atoms with E-state index in [4.69, 9.17) is 9.15 Å². The molecule has 0 radical (unpaired) electrons. The van der Waals surface area contributed by atoms with Crippen LogP contribution in [-0.4, -0.2) is 29.0 Å². The molecule has 1 atom stereocenters. The SMILES string of the molecule is C[C@](C#N)(NC(=O)COC(=O)c1ccccc1-c1ncc(-c2ccccc2)o1)C1CC1. The lowest BCUT2D eigenvalue weighted by atomic mass is 9.98. The fraction of sp³-hybridized carbons (Fsp3) is 0.250. The van der Waals surface area contributed by atoms with E-state index in [0.29, 0.717) is 11.3 Å². The number of aromatic nitrogens is 1. The highest BCUT2D eigenvalue weighted by molar-refractivity contribution is 5.97. The number of ether oxygens (including phenoxy) is 1. The van der Waals surface area contributed by atoms with Gasteiger partial charge < -0.3 is 14.5 Å². The van der Waals surface area contributed by atoms with E-state index >= 15 is 0 Å². The Morgan fingerprint density at radius 3 is 2.61 bits per heavy atom. The molecule has 0 unspecified atom stereocenters. The molecule has 1 N–H and O–H groups in total. The lowest BCUT2D eigenvalue weighted by Crippen LogP contribution is -2.48. The second-order valence-corrected chi connectivity index (χ2v) is 7.65. The van der Waals surface area contributed by atoms with Gasteiger partial charge in [-0.05, 0) is 37.8 Å². The molecular weight excluding hydrogens is 394 g/mol. The van der Waals surface area contributed by atoms with E-state index in [1.807, 2.05) is 30.3 Å². The second kappa shape index (κ2) is 8.44. The van der Waals surface area contributed by atoms with Gasteiger partial charge in [-0.3, -0.25) is 4.79 Å². The first-order valence-electron chi connectivity index (χ1n) is 10.0. The van der Waals surface area contributed by atoms with E-state index in [1.54, 1.807) is 37.4 Å². The summed E-state index contributed by atoms with van der Waals surface area (Å²) in [5.41, 5.74) is 0.638. The predicted octanol–water partition coefficient (Wildman–Crippen LogP) is 3.97. The maximum absolute atomic E-state index is 12.7. The predicted molar refractivity (Wildman–Crippen MR) is 113 cm³/mol. The van der Waals surface area contributed by atoms with Crippen LogP contribution in [0.2, 0.25) is 0 Å². The third-order valence-corrected chi connectivity index (χ3v) is 5.30. The summed E-state index contributed by atoms with van der Waals surface area (Å²) in [4.78, 5) is 29.2. The zero-order valence-electron chi connectivity index (χ0n) is 17.0. The van der Waals surface area contributed by atoms with Gasteiger partial charge in [0, 0.05) is 5.56 Å². The molecule has 7 heteroatoms. The van der Waals surface area contributed by atoms with Gasteiger partial charge in [0.05, 0.1) is 23.4 Å². The van der Waals surface area contributed by atoms with Crippen LogP contribution in [-0.2, 0) is 9.53 Å². The Balaban J connectivity index is 1.46. The average Bonchev–Trinajstić information content (AvgIpc) is 3.56. The maximum Gasteiger partial charge on any atom is 0.339 e. The second-order valence-electron chi connectivity index (χ2n) is 7.65. The standard InChI is InChI=1S/C24H21N3O4/c1-24(15-25,17-11-12-17)27-21(28)14-30-23(29)19-10-6-5-9-18(19)22-26-13-20(31-22)16-7-3-2-4-8-16/h2-10,13,17H,11-12,14H2,1H3,(H,27,28)/t24-/m1/s1. The van der Waals surface area contributed by atoms with Gasteiger partial charge in [-0.1, -0.05) is 42.5 Å². The molecular formula is C24H21N3O4. The van der Waals surface area contributed by atoms with E-state index in [-0.39, 0.29) is 17.4 Å². The summed E-state index contributed by atoms with van der Waals surface area (Å²) in [6.45, 7) is 1.21. The molecule has 0 aliphatic heterocycles. The van der Waals surface area contributed by atoms with Crippen molar-refractivity contribution >= 4 is 11.9 Å². The fourth-order valence-corrected chi connectivity index (χ4v) is 3.40. The van der Waals surface area contributed by atoms with Crippen LogP contribution in [0.5, 0.6) is 0 Å². The van der Waals surface area contributed by atoms with Gasteiger partial charge in [0.15, 0.2) is 12.4 Å². The quantitative estimate of drug-likeness (QED) is 0.585. The molecule has 31 heavy (non-hydrogen) atoms. The van der Waals surface area contributed by atoms with Crippen LogP contribution in [0, 0.1) is 17.2 Å². The number of carbonyl (C=O) groups excluding carboxylic acids is 2. The Labute approximate surface area is 179 Å². The van der Waals surface area contributed by atoms with E-state index in [0.717, 1.165) is 18.4 Å². The molecule has 4 rings (SSSR count). The van der Waals surface area contributed by atoms with Crippen molar-refractivity contribution in [2.45, 2.75) is 25.3 Å². The molecule has 3 aromatic rings. The van der Waals surface area contributed by atoms with Crippen molar-refractivity contribution < 1.29 is 18.7 Å². The first-order valence-corrected chi connectivity index (χ1v) is 10.0. The largest absolute Gasteiger partial charge is 0.452 e. The Morgan fingerprint density at radius 1 is 1.19 bits per heavy atom. The first-order chi connectivity index (χ1) is 15.0. The molecule has 1 amide bonds. The van der Waals surface area contributed by atoms with Crippen molar-refractivity contribution in [2.75, 3.05) is 6.61 Å². The normalized spacial score (nSPS) is 14.8. The highest BCUT2D eigenvalue weighted by Gasteiger charge is 2.43. The molecule has 1 aliphatic rings. The molecule has 1 aromatic heterocycles. The number of nitriles is 1. The van der Waals surface area contributed by atoms with E-state index in [1.165, 1.54) is 0 Å². The monoisotopic (exact) mass is 415 g/mol. The lowest BCUT2D eigenvalue weighted by Gasteiger charge is -2.22. The minimum atomic E-state index is -0.937. The average molecular weight is 415 g/mol. The molecule has 156 valence electrons. The van der Waals surface area contributed by atoms with Gasteiger partial charge in [-0.25, -0.2) is 9.78 Å². The third kappa shape index (κ3) is 4.48. The van der Waals surface area contributed by atoms with Crippen molar-refractivity contribution in [1.82, 2.24) is 10.3 Å². The van der Waals surface area contributed by atoms with Crippen molar-refractivity contribution in [3.05, 3.63) is 66.4 Å². The molecule has 7 nitrogen and oxygen atoms in total. The van der Waals surface area contributed by atoms with Crippen LogP contribution < -0.4 is 5.32 Å². The maximum atomic E-state index is 12.7. The third-order valence-electron chi connectivity index (χ3n) is 5.30. The summed E-state index contributed by atoms with van der Waals surface area (Å²) in [7, 11) is 0. The van der Waals surface area contributed by atoms with Gasteiger partial charge in [-0.2, -0.15) is 5.26 Å². The van der Waals surface area contributed by atoms with Crippen LogP contribution in [0.3, 0.4) is 0 Å². The summed E-state index contributed by atoms with van der Waals surface area (Å²) in [6.07, 6.45) is 3.40. The summed E-state index contributed by atoms with van der Waals surface area (Å²) in [5.74, 6) is -0.183. The minimum Gasteiger partial charge on any atom is -0.452 e. The van der Waals surface area contributed by atoms with Crippen LogP contribution in [0.15, 0.2) is 65.2 Å². The van der Waals surface area contributed by atoms with Crippen LogP contribution in [0.4, 0.5) is 0 Å². The highest BCUT2D eigenvalue weighted by Crippen LogP contribution is 2.39.